The number of aliphatic hydroxyl groups excluding tert-OH is 1. The van der Waals surface area contributed by atoms with Crippen LogP contribution < -0.4 is 14.4 Å². The molecule has 0 aliphatic carbocycles. The van der Waals surface area contributed by atoms with Crippen LogP contribution in [0.1, 0.15) is 17.2 Å². The number of thiazole rings is 1. The van der Waals surface area contributed by atoms with Gasteiger partial charge in [-0.2, -0.15) is 0 Å². The standard InChI is InChI=1S/C22H18N2O5S/c1-28-15-7-3-5-13(11-15)18-17(19(25)14-6-4-8-16(12-14)29-2)20(26)21(27)24(18)22-23-9-10-30-22/h3-12,18,25H,1-2H3. The summed E-state index contributed by atoms with van der Waals surface area (Å²) < 4.78 is 10.5. The third-order valence-corrected chi connectivity index (χ3v) is 5.59. The molecule has 30 heavy (non-hydrogen) atoms. The third kappa shape index (κ3) is 3.31. The second kappa shape index (κ2) is 8.00. The van der Waals surface area contributed by atoms with Crippen molar-refractivity contribution >= 4 is 33.9 Å². The van der Waals surface area contributed by atoms with Gasteiger partial charge >= 0.3 is 5.91 Å². The number of ketones is 1. The number of hydrogen-bond donors (Lipinski definition) is 1. The molecule has 2 aromatic carbocycles. The van der Waals surface area contributed by atoms with E-state index in [0.29, 0.717) is 27.8 Å². The molecule has 0 bridgehead atoms. The van der Waals surface area contributed by atoms with E-state index in [1.807, 2.05) is 0 Å². The molecule has 1 aliphatic rings. The first-order chi connectivity index (χ1) is 14.5. The van der Waals surface area contributed by atoms with E-state index in [2.05, 4.69) is 4.98 Å². The molecule has 3 aromatic rings. The molecule has 0 spiro atoms. The summed E-state index contributed by atoms with van der Waals surface area (Å²) in [6.45, 7) is 0. The highest BCUT2D eigenvalue weighted by molar-refractivity contribution is 7.14. The number of carbonyl (C=O) groups excluding carboxylic acids is 2. The first-order valence-electron chi connectivity index (χ1n) is 9.04. The van der Waals surface area contributed by atoms with E-state index in [-0.39, 0.29) is 11.3 Å². The molecule has 1 unspecified atom stereocenters. The summed E-state index contributed by atoms with van der Waals surface area (Å²) in [5.41, 5.74) is 0.976. The lowest BCUT2D eigenvalue weighted by Crippen LogP contribution is -2.29. The largest absolute Gasteiger partial charge is 0.507 e. The van der Waals surface area contributed by atoms with Gasteiger partial charge in [0.15, 0.2) is 5.13 Å². The van der Waals surface area contributed by atoms with E-state index < -0.39 is 17.7 Å². The molecule has 2 heterocycles. The maximum absolute atomic E-state index is 13.0. The number of Topliss-reactive ketones (excluding diaryl/α,β-unsaturated/α-hetero) is 1. The molecule has 1 atom stereocenters. The van der Waals surface area contributed by atoms with Gasteiger partial charge in [0.05, 0.1) is 25.8 Å². The van der Waals surface area contributed by atoms with E-state index in [0.717, 1.165) is 0 Å². The van der Waals surface area contributed by atoms with Crippen molar-refractivity contribution in [1.29, 1.82) is 0 Å². The normalized spacial score (nSPS) is 17.9. The van der Waals surface area contributed by atoms with Crippen molar-refractivity contribution < 1.29 is 24.2 Å². The summed E-state index contributed by atoms with van der Waals surface area (Å²) >= 11 is 1.24. The molecule has 1 N–H and O–H groups in total. The van der Waals surface area contributed by atoms with Crippen molar-refractivity contribution in [3.63, 3.8) is 0 Å². The quantitative estimate of drug-likeness (QED) is 0.382. The number of ether oxygens (including phenoxy) is 2. The molecule has 1 fully saturated rings. The summed E-state index contributed by atoms with van der Waals surface area (Å²) in [4.78, 5) is 31.5. The number of hydrogen-bond acceptors (Lipinski definition) is 7. The number of benzene rings is 2. The molecule has 1 aliphatic heterocycles. The lowest BCUT2D eigenvalue weighted by atomic mass is 9.95. The molecule has 0 saturated carbocycles. The van der Waals surface area contributed by atoms with E-state index in [1.54, 1.807) is 60.1 Å². The van der Waals surface area contributed by atoms with Gasteiger partial charge in [-0.25, -0.2) is 4.98 Å². The van der Waals surface area contributed by atoms with Crippen LogP contribution in [-0.4, -0.2) is 36.0 Å². The van der Waals surface area contributed by atoms with Gasteiger partial charge in [0.2, 0.25) is 0 Å². The van der Waals surface area contributed by atoms with Gasteiger partial charge in [-0.15, -0.1) is 11.3 Å². The van der Waals surface area contributed by atoms with Crippen LogP contribution in [0.5, 0.6) is 11.5 Å². The van der Waals surface area contributed by atoms with Crippen molar-refractivity contribution in [2.75, 3.05) is 19.1 Å². The van der Waals surface area contributed by atoms with Gasteiger partial charge in [0.25, 0.3) is 5.78 Å². The lowest BCUT2D eigenvalue weighted by molar-refractivity contribution is -0.132. The molecular formula is C22H18N2O5S. The number of amides is 1. The molecule has 1 amide bonds. The van der Waals surface area contributed by atoms with E-state index in [9.17, 15) is 14.7 Å². The summed E-state index contributed by atoms with van der Waals surface area (Å²) in [7, 11) is 3.05. The van der Waals surface area contributed by atoms with E-state index in [1.165, 1.54) is 30.5 Å². The van der Waals surface area contributed by atoms with Crippen molar-refractivity contribution in [2.45, 2.75) is 6.04 Å². The minimum Gasteiger partial charge on any atom is -0.507 e. The van der Waals surface area contributed by atoms with Crippen LogP contribution in [0.4, 0.5) is 5.13 Å². The average Bonchev–Trinajstić information content (AvgIpc) is 3.40. The number of methoxy groups -OCH3 is 2. The minimum absolute atomic E-state index is 0.0169. The number of carbonyl (C=O) groups is 2. The zero-order valence-electron chi connectivity index (χ0n) is 16.2. The van der Waals surface area contributed by atoms with Gasteiger partial charge in [0, 0.05) is 17.1 Å². The Bertz CT molecular complexity index is 1140. The maximum Gasteiger partial charge on any atom is 0.301 e. The Morgan fingerprint density at radius 1 is 1.07 bits per heavy atom. The summed E-state index contributed by atoms with van der Waals surface area (Å²) in [5, 5.41) is 13.2. The van der Waals surface area contributed by atoms with Crippen LogP contribution in [0.3, 0.4) is 0 Å². The Morgan fingerprint density at radius 2 is 1.77 bits per heavy atom. The Morgan fingerprint density at radius 3 is 2.43 bits per heavy atom. The van der Waals surface area contributed by atoms with Gasteiger partial charge in [-0.05, 0) is 29.8 Å². The predicted octanol–water partition coefficient (Wildman–Crippen LogP) is 3.79. The predicted molar refractivity (Wildman–Crippen MR) is 113 cm³/mol. The second-order valence-corrected chi connectivity index (χ2v) is 7.37. The van der Waals surface area contributed by atoms with Gasteiger partial charge in [0.1, 0.15) is 17.3 Å². The summed E-state index contributed by atoms with van der Waals surface area (Å²) in [5.74, 6) is -0.718. The zero-order valence-corrected chi connectivity index (χ0v) is 17.1. The molecule has 0 radical (unpaired) electrons. The summed E-state index contributed by atoms with van der Waals surface area (Å²) in [6, 6.07) is 12.9. The van der Waals surface area contributed by atoms with Crippen LogP contribution in [0.2, 0.25) is 0 Å². The molecular weight excluding hydrogens is 404 g/mol. The summed E-state index contributed by atoms with van der Waals surface area (Å²) in [6.07, 6.45) is 1.56. The first-order valence-corrected chi connectivity index (χ1v) is 9.92. The Balaban J connectivity index is 1.94. The lowest BCUT2D eigenvalue weighted by Gasteiger charge is -2.23. The van der Waals surface area contributed by atoms with Gasteiger partial charge in [-0.1, -0.05) is 24.3 Å². The second-order valence-electron chi connectivity index (χ2n) is 6.49. The number of rotatable bonds is 5. The molecule has 1 saturated heterocycles. The van der Waals surface area contributed by atoms with Crippen LogP contribution in [0, 0.1) is 0 Å². The highest BCUT2D eigenvalue weighted by Gasteiger charge is 2.48. The van der Waals surface area contributed by atoms with Crippen molar-refractivity contribution in [3.8, 4) is 11.5 Å². The van der Waals surface area contributed by atoms with Crippen LogP contribution >= 0.6 is 11.3 Å². The fourth-order valence-electron chi connectivity index (χ4n) is 3.42. The number of nitrogens with zero attached hydrogens (tertiary/aromatic N) is 2. The van der Waals surface area contributed by atoms with E-state index >= 15 is 0 Å². The first kappa shape index (κ1) is 19.7. The van der Waals surface area contributed by atoms with Crippen molar-refractivity contribution in [1.82, 2.24) is 4.98 Å². The average molecular weight is 422 g/mol. The fraction of sp³-hybridized carbons (Fsp3) is 0.136. The highest BCUT2D eigenvalue weighted by atomic mass is 32.1. The zero-order chi connectivity index (χ0) is 21.3. The van der Waals surface area contributed by atoms with Gasteiger partial charge in [-0.3, -0.25) is 14.5 Å². The monoisotopic (exact) mass is 422 g/mol. The number of aliphatic hydroxyl groups is 1. The minimum atomic E-state index is -0.850. The smallest absolute Gasteiger partial charge is 0.301 e. The fourth-order valence-corrected chi connectivity index (χ4v) is 4.08. The number of anilines is 1. The maximum atomic E-state index is 13.0. The molecule has 8 heteroatoms. The van der Waals surface area contributed by atoms with Crippen LogP contribution in [-0.2, 0) is 9.59 Å². The Kier molecular flexibility index (Phi) is 5.24. The molecule has 7 nitrogen and oxygen atoms in total. The number of aromatic nitrogens is 1. The van der Waals surface area contributed by atoms with Crippen molar-refractivity contribution in [2.24, 2.45) is 0 Å². The van der Waals surface area contributed by atoms with Gasteiger partial charge < -0.3 is 14.6 Å². The topological polar surface area (TPSA) is 89.0 Å². The third-order valence-electron chi connectivity index (χ3n) is 4.82. The molecule has 4 rings (SSSR count). The van der Waals surface area contributed by atoms with E-state index in [4.69, 9.17) is 9.47 Å². The Hall–Kier alpha value is -3.65. The van der Waals surface area contributed by atoms with Crippen molar-refractivity contribution in [3.05, 3.63) is 76.8 Å². The Labute approximate surface area is 176 Å². The van der Waals surface area contributed by atoms with Crippen LogP contribution in [0.15, 0.2) is 65.7 Å². The molecule has 1 aromatic heterocycles. The van der Waals surface area contributed by atoms with Crippen LogP contribution in [0.25, 0.3) is 5.76 Å². The highest BCUT2D eigenvalue weighted by Crippen LogP contribution is 2.43. The SMILES string of the molecule is COc1cccc(C(O)=C2C(=O)C(=O)N(c3nccs3)C2c2cccc(OC)c2)c1. The molecule has 152 valence electrons.